The fourth-order valence-electron chi connectivity index (χ4n) is 2.85. The van der Waals surface area contributed by atoms with Crippen LogP contribution in [0.25, 0.3) is 0 Å². The van der Waals surface area contributed by atoms with Gasteiger partial charge in [0.1, 0.15) is 5.75 Å². The highest BCUT2D eigenvalue weighted by atomic mass is 32.2. The number of carbonyl (C=O) groups is 1. The second-order valence-electron chi connectivity index (χ2n) is 5.46. The summed E-state index contributed by atoms with van der Waals surface area (Å²) in [4.78, 5) is 17.0. The molecule has 3 nitrogen and oxygen atoms in total. The van der Waals surface area contributed by atoms with E-state index in [9.17, 15) is 9.90 Å². The average Bonchev–Trinajstić information content (AvgIpc) is 3.17. The highest BCUT2D eigenvalue weighted by Crippen LogP contribution is 2.36. The zero-order valence-electron chi connectivity index (χ0n) is 12.4. The number of likely N-dealkylation sites (tertiary alicyclic amines) is 1. The third kappa shape index (κ3) is 3.31. The lowest BCUT2D eigenvalue weighted by molar-refractivity contribution is -0.131. The molecule has 0 bridgehead atoms. The molecule has 1 aliphatic rings. The van der Waals surface area contributed by atoms with Crippen LogP contribution in [-0.2, 0) is 4.79 Å². The first kappa shape index (κ1) is 15.4. The van der Waals surface area contributed by atoms with Crippen LogP contribution in [0.4, 0.5) is 0 Å². The van der Waals surface area contributed by atoms with Crippen LogP contribution in [-0.4, -0.2) is 27.7 Å². The van der Waals surface area contributed by atoms with Gasteiger partial charge >= 0.3 is 0 Å². The number of carbonyl (C=O) groups excluding carboxylic acids is 1. The van der Waals surface area contributed by atoms with Crippen molar-refractivity contribution >= 4 is 29.0 Å². The van der Waals surface area contributed by atoms with E-state index in [4.69, 9.17) is 0 Å². The van der Waals surface area contributed by atoms with E-state index in [-0.39, 0.29) is 22.9 Å². The molecule has 0 radical (unpaired) electrons. The number of aromatic hydroxyl groups is 1. The number of phenolic OH excluding ortho intramolecular Hbond substituents is 1. The molecule has 2 unspecified atom stereocenters. The highest BCUT2D eigenvalue weighted by Gasteiger charge is 2.33. The van der Waals surface area contributed by atoms with E-state index < -0.39 is 0 Å². The topological polar surface area (TPSA) is 40.5 Å². The van der Waals surface area contributed by atoms with Gasteiger partial charge in [0.25, 0.3) is 0 Å². The fraction of sp³-hybridized carbons (Fsp3) is 0.353. The van der Waals surface area contributed by atoms with Gasteiger partial charge in [-0.3, -0.25) is 4.79 Å². The number of hydrogen-bond donors (Lipinski definition) is 1. The van der Waals surface area contributed by atoms with E-state index in [0.717, 1.165) is 24.3 Å². The maximum atomic E-state index is 12.8. The smallest absolute Gasteiger partial charge is 0.236 e. The summed E-state index contributed by atoms with van der Waals surface area (Å²) in [6.07, 6.45) is 2.12. The molecule has 1 fully saturated rings. The summed E-state index contributed by atoms with van der Waals surface area (Å²) in [7, 11) is 0. The highest BCUT2D eigenvalue weighted by molar-refractivity contribution is 8.00. The molecule has 0 saturated carbocycles. The van der Waals surface area contributed by atoms with E-state index in [1.165, 1.54) is 16.6 Å². The zero-order valence-corrected chi connectivity index (χ0v) is 14.1. The van der Waals surface area contributed by atoms with Crippen molar-refractivity contribution in [2.75, 3.05) is 6.54 Å². The Morgan fingerprint density at radius 3 is 3.00 bits per heavy atom. The maximum Gasteiger partial charge on any atom is 0.236 e. The first-order chi connectivity index (χ1) is 10.6. The zero-order chi connectivity index (χ0) is 15.5. The number of nitrogens with zero attached hydrogens (tertiary/aromatic N) is 1. The van der Waals surface area contributed by atoms with E-state index in [1.54, 1.807) is 29.5 Å². The van der Waals surface area contributed by atoms with Gasteiger partial charge in [0, 0.05) is 16.3 Å². The number of benzene rings is 1. The predicted molar refractivity (Wildman–Crippen MR) is 91.4 cm³/mol. The van der Waals surface area contributed by atoms with Crippen LogP contribution >= 0.6 is 23.1 Å². The van der Waals surface area contributed by atoms with Crippen molar-refractivity contribution in [1.82, 2.24) is 4.90 Å². The Labute approximate surface area is 139 Å². The molecule has 1 aromatic heterocycles. The molecule has 2 aromatic rings. The Morgan fingerprint density at radius 2 is 2.27 bits per heavy atom. The van der Waals surface area contributed by atoms with Crippen LogP contribution in [0, 0.1) is 0 Å². The maximum absolute atomic E-state index is 12.8. The molecule has 1 amide bonds. The molecule has 2 heterocycles. The van der Waals surface area contributed by atoms with Crippen LogP contribution in [0.2, 0.25) is 0 Å². The lowest BCUT2D eigenvalue weighted by Crippen LogP contribution is -2.35. The van der Waals surface area contributed by atoms with Gasteiger partial charge in [0.2, 0.25) is 5.91 Å². The van der Waals surface area contributed by atoms with Crippen LogP contribution < -0.4 is 0 Å². The summed E-state index contributed by atoms with van der Waals surface area (Å²) in [5, 5.41) is 11.5. The molecular weight excluding hydrogens is 314 g/mol. The molecule has 0 spiro atoms. The summed E-state index contributed by atoms with van der Waals surface area (Å²) in [6.45, 7) is 2.78. The van der Waals surface area contributed by atoms with E-state index in [2.05, 4.69) is 11.4 Å². The number of hydrogen-bond acceptors (Lipinski definition) is 4. The molecular formula is C17H19NO2S2. The molecule has 22 heavy (non-hydrogen) atoms. The summed E-state index contributed by atoms with van der Waals surface area (Å²) in [5.74, 6) is 0.423. The minimum Gasteiger partial charge on any atom is -0.508 e. The summed E-state index contributed by atoms with van der Waals surface area (Å²) in [6, 6.07) is 11.5. The van der Waals surface area contributed by atoms with Gasteiger partial charge in [0.15, 0.2) is 0 Å². The van der Waals surface area contributed by atoms with Crippen LogP contribution in [0.15, 0.2) is 46.7 Å². The Bertz CT molecular complexity index is 642. The lowest BCUT2D eigenvalue weighted by atomic mass is 10.2. The molecule has 1 aliphatic heterocycles. The SMILES string of the molecule is CC(Sc1cccc(O)c1)C(=O)N1CCCC1c1cccs1. The molecule has 0 aliphatic carbocycles. The summed E-state index contributed by atoms with van der Waals surface area (Å²) in [5.41, 5.74) is 0. The third-order valence-corrected chi connectivity index (χ3v) is 5.94. The lowest BCUT2D eigenvalue weighted by Gasteiger charge is -2.26. The molecule has 5 heteroatoms. The summed E-state index contributed by atoms with van der Waals surface area (Å²) < 4.78 is 0. The van der Waals surface area contributed by atoms with Crippen molar-refractivity contribution in [2.24, 2.45) is 0 Å². The number of phenols is 1. The van der Waals surface area contributed by atoms with Gasteiger partial charge in [-0.05, 0) is 49.4 Å². The van der Waals surface area contributed by atoms with Gasteiger partial charge < -0.3 is 10.0 Å². The average molecular weight is 333 g/mol. The Kier molecular flexibility index (Phi) is 4.74. The van der Waals surface area contributed by atoms with Crippen LogP contribution in [0.5, 0.6) is 5.75 Å². The Balaban J connectivity index is 1.70. The quantitative estimate of drug-likeness (QED) is 0.848. The van der Waals surface area contributed by atoms with Gasteiger partial charge in [-0.2, -0.15) is 0 Å². The van der Waals surface area contributed by atoms with Gasteiger partial charge in [-0.1, -0.05) is 12.1 Å². The van der Waals surface area contributed by atoms with Crippen molar-refractivity contribution in [3.05, 3.63) is 46.7 Å². The van der Waals surface area contributed by atoms with E-state index >= 15 is 0 Å². The molecule has 1 saturated heterocycles. The molecule has 3 rings (SSSR count). The molecule has 116 valence electrons. The van der Waals surface area contributed by atoms with Crippen molar-refractivity contribution in [2.45, 2.75) is 36.0 Å². The fourth-order valence-corrected chi connectivity index (χ4v) is 4.72. The Hall–Kier alpha value is -1.46. The molecule has 1 N–H and O–H groups in total. The molecule has 2 atom stereocenters. The first-order valence-electron chi connectivity index (χ1n) is 7.45. The van der Waals surface area contributed by atoms with Gasteiger partial charge in [-0.25, -0.2) is 0 Å². The number of amides is 1. The van der Waals surface area contributed by atoms with E-state index in [0.29, 0.717) is 0 Å². The van der Waals surface area contributed by atoms with Gasteiger partial charge in [-0.15, -0.1) is 23.1 Å². The monoisotopic (exact) mass is 333 g/mol. The Morgan fingerprint density at radius 1 is 1.41 bits per heavy atom. The minimum absolute atomic E-state index is 0.151. The first-order valence-corrected chi connectivity index (χ1v) is 9.20. The second-order valence-corrected chi connectivity index (χ2v) is 7.86. The van der Waals surface area contributed by atoms with Crippen molar-refractivity contribution in [3.8, 4) is 5.75 Å². The largest absolute Gasteiger partial charge is 0.508 e. The van der Waals surface area contributed by atoms with Crippen LogP contribution in [0.1, 0.15) is 30.7 Å². The summed E-state index contributed by atoms with van der Waals surface area (Å²) >= 11 is 3.23. The van der Waals surface area contributed by atoms with Crippen LogP contribution in [0.3, 0.4) is 0 Å². The standard InChI is InChI=1S/C17H19NO2S2/c1-12(22-14-6-2-5-13(19)11-14)17(20)18-9-3-7-15(18)16-8-4-10-21-16/h2,4-6,8,10-12,15,19H,3,7,9H2,1H3. The van der Waals surface area contributed by atoms with Gasteiger partial charge in [0.05, 0.1) is 11.3 Å². The number of rotatable bonds is 4. The molecule has 1 aromatic carbocycles. The predicted octanol–water partition coefficient (Wildman–Crippen LogP) is 4.30. The third-order valence-electron chi connectivity index (χ3n) is 3.89. The van der Waals surface area contributed by atoms with Crippen molar-refractivity contribution in [3.63, 3.8) is 0 Å². The van der Waals surface area contributed by atoms with Crippen molar-refractivity contribution in [1.29, 1.82) is 0 Å². The minimum atomic E-state index is -0.151. The number of thiophene rings is 1. The number of thioether (sulfide) groups is 1. The second kappa shape index (κ2) is 6.75. The van der Waals surface area contributed by atoms with Crippen molar-refractivity contribution < 1.29 is 9.90 Å². The van der Waals surface area contributed by atoms with E-state index in [1.807, 2.05) is 24.0 Å². The normalized spacial score (nSPS) is 19.3.